The second-order valence-corrected chi connectivity index (χ2v) is 5.44. The Labute approximate surface area is 151 Å². The van der Waals surface area contributed by atoms with E-state index in [4.69, 9.17) is 0 Å². The lowest BCUT2D eigenvalue weighted by atomic mass is 10.1. The van der Waals surface area contributed by atoms with Crippen molar-refractivity contribution in [3.8, 4) is 23.7 Å². The van der Waals surface area contributed by atoms with Crippen LogP contribution in [-0.2, 0) is 0 Å². The third-order valence-electron chi connectivity index (χ3n) is 3.53. The van der Waals surface area contributed by atoms with Gasteiger partial charge in [-0.3, -0.25) is 14.6 Å². The zero-order valence-corrected chi connectivity index (χ0v) is 13.8. The second-order valence-electron chi connectivity index (χ2n) is 5.44. The molecule has 0 saturated carbocycles. The first-order valence-electron chi connectivity index (χ1n) is 7.86. The minimum atomic E-state index is 0.621. The maximum Gasteiger partial charge on any atom is 0.150 e. The van der Waals surface area contributed by atoms with Crippen LogP contribution in [0.2, 0.25) is 0 Å². The van der Waals surface area contributed by atoms with Crippen LogP contribution in [0.25, 0.3) is 0 Å². The fourth-order valence-electron chi connectivity index (χ4n) is 2.16. The molecule has 0 spiro atoms. The summed E-state index contributed by atoms with van der Waals surface area (Å²) in [6.45, 7) is 0. The van der Waals surface area contributed by atoms with Crippen LogP contribution in [0.1, 0.15) is 43.0 Å². The normalized spacial score (nSPS) is 9.23. The maximum absolute atomic E-state index is 10.7. The van der Waals surface area contributed by atoms with Crippen molar-refractivity contribution < 1.29 is 9.59 Å². The van der Waals surface area contributed by atoms with Crippen molar-refractivity contribution >= 4 is 12.6 Å². The molecule has 26 heavy (non-hydrogen) atoms. The highest BCUT2D eigenvalue weighted by molar-refractivity contribution is 5.75. The predicted molar refractivity (Wildman–Crippen MR) is 99.9 cm³/mol. The van der Waals surface area contributed by atoms with Gasteiger partial charge >= 0.3 is 0 Å². The molecule has 3 heteroatoms. The van der Waals surface area contributed by atoms with Crippen molar-refractivity contribution in [2.45, 2.75) is 0 Å². The largest absolute Gasteiger partial charge is 0.298 e. The number of carbonyl (C=O) groups is 2. The third-order valence-corrected chi connectivity index (χ3v) is 3.53. The lowest BCUT2D eigenvalue weighted by molar-refractivity contribution is 0.111. The molecule has 0 unspecified atom stereocenters. The highest BCUT2D eigenvalue weighted by atomic mass is 16.1. The average molecular weight is 335 g/mol. The molecular weight excluding hydrogens is 322 g/mol. The van der Waals surface area contributed by atoms with Crippen LogP contribution >= 0.6 is 0 Å². The minimum absolute atomic E-state index is 0.621. The number of rotatable bonds is 2. The fraction of sp³-hybridized carbons (Fsp3) is 0. The van der Waals surface area contributed by atoms with Gasteiger partial charge in [0.25, 0.3) is 0 Å². The van der Waals surface area contributed by atoms with Crippen molar-refractivity contribution in [3.05, 3.63) is 100 Å². The summed E-state index contributed by atoms with van der Waals surface area (Å²) >= 11 is 0. The zero-order chi connectivity index (χ0) is 18.2. The van der Waals surface area contributed by atoms with Gasteiger partial charge in [0.2, 0.25) is 0 Å². The maximum atomic E-state index is 10.7. The SMILES string of the molecule is O=Cc1ccc(C#Cc2cncc(C#Cc3ccc(C=O)cc3)c2)cc1. The molecule has 0 aliphatic heterocycles. The first-order valence-corrected chi connectivity index (χ1v) is 7.86. The monoisotopic (exact) mass is 335 g/mol. The Kier molecular flexibility index (Phi) is 5.35. The van der Waals surface area contributed by atoms with E-state index in [0.717, 1.165) is 34.8 Å². The number of nitrogens with zero attached hydrogens (tertiary/aromatic N) is 1. The lowest BCUT2D eigenvalue weighted by Crippen LogP contribution is -1.84. The summed E-state index contributed by atoms with van der Waals surface area (Å²) < 4.78 is 0. The highest BCUT2D eigenvalue weighted by Crippen LogP contribution is 2.05. The smallest absolute Gasteiger partial charge is 0.150 e. The second kappa shape index (κ2) is 8.24. The van der Waals surface area contributed by atoms with Gasteiger partial charge in [0.15, 0.2) is 0 Å². The van der Waals surface area contributed by atoms with Gasteiger partial charge in [-0.25, -0.2) is 0 Å². The number of benzene rings is 2. The molecule has 0 atom stereocenters. The molecule has 3 aromatic rings. The Balaban J connectivity index is 1.78. The topological polar surface area (TPSA) is 47.0 Å². The van der Waals surface area contributed by atoms with Gasteiger partial charge in [0, 0.05) is 45.8 Å². The molecule has 122 valence electrons. The molecule has 0 bridgehead atoms. The molecule has 2 aromatic carbocycles. The molecule has 0 fully saturated rings. The Morgan fingerprint density at radius 3 is 1.35 bits per heavy atom. The number of aldehydes is 2. The molecular formula is C23H13NO2. The summed E-state index contributed by atoms with van der Waals surface area (Å²) in [5.74, 6) is 12.2. The molecule has 1 heterocycles. The average Bonchev–Trinajstić information content (AvgIpc) is 2.72. The number of pyridine rings is 1. The Morgan fingerprint density at radius 1 is 0.577 bits per heavy atom. The van der Waals surface area contributed by atoms with Crippen molar-refractivity contribution in [2.75, 3.05) is 0 Å². The van der Waals surface area contributed by atoms with Crippen LogP contribution in [0.5, 0.6) is 0 Å². The highest BCUT2D eigenvalue weighted by Gasteiger charge is 1.94. The van der Waals surface area contributed by atoms with E-state index in [1.54, 1.807) is 60.9 Å². The van der Waals surface area contributed by atoms with Gasteiger partial charge in [-0.1, -0.05) is 47.9 Å². The molecule has 0 aliphatic carbocycles. The molecule has 0 N–H and O–H groups in total. The number of aromatic nitrogens is 1. The fourth-order valence-corrected chi connectivity index (χ4v) is 2.16. The molecule has 0 aliphatic rings. The van der Waals surface area contributed by atoms with Gasteiger partial charge in [0.1, 0.15) is 12.6 Å². The molecule has 0 radical (unpaired) electrons. The van der Waals surface area contributed by atoms with Crippen molar-refractivity contribution in [1.82, 2.24) is 4.98 Å². The lowest BCUT2D eigenvalue weighted by Gasteiger charge is -1.94. The van der Waals surface area contributed by atoms with Crippen LogP contribution in [0.3, 0.4) is 0 Å². The quantitative estimate of drug-likeness (QED) is 0.532. The number of carbonyl (C=O) groups excluding carboxylic acids is 2. The van der Waals surface area contributed by atoms with Crippen molar-refractivity contribution in [3.63, 3.8) is 0 Å². The van der Waals surface area contributed by atoms with E-state index in [-0.39, 0.29) is 0 Å². The van der Waals surface area contributed by atoms with Crippen LogP contribution in [0.15, 0.2) is 67.0 Å². The predicted octanol–water partition coefficient (Wildman–Crippen LogP) is 3.51. The third kappa shape index (κ3) is 4.54. The van der Waals surface area contributed by atoms with Gasteiger partial charge in [-0.2, -0.15) is 0 Å². The Bertz CT molecular complexity index is 973. The number of hydrogen-bond donors (Lipinski definition) is 0. The van der Waals surface area contributed by atoms with Gasteiger partial charge in [-0.05, 0) is 30.3 Å². The van der Waals surface area contributed by atoms with Crippen LogP contribution in [-0.4, -0.2) is 17.6 Å². The van der Waals surface area contributed by atoms with E-state index in [0.29, 0.717) is 11.1 Å². The molecule has 0 saturated heterocycles. The van der Waals surface area contributed by atoms with Gasteiger partial charge in [0.05, 0.1) is 0 Å². The van der Waals surface area contributed by atoms with E-state index in [1.165, 1.54) is 0 Å². The molecule has 0 amide bonds. The molecule has 3 rings (SSSR count). The first-order chi connectivity index (χ1) is 12.8. The van der Waals surface area contributed by atoms with Crippen LogP contribution < -0.4 is 0 Å². The van der Waals surface area contributed by atoms with E-state index in [9.17, 15) is 9.59 Å². The Hall–Kier alpha value is -3.95. The van der Waals surface area contributed by atoms with Crippen molar-refractivity contribution in [2.24, 2.45) is 0 Å². The molecule has 3 nitrogen and oxygen atoms in total. The van der Waals surface area contributed by atoms with E-state index in [1.807, 2.05) is 6.07 Å². The summed E-state index contributed by atoms with van der Waals surface area (Å²) in [4.78, 5) is 25.5. The summed E-state index contributed by atoms with van der Waals surface area (Å²) in [6, 6.07) is 16.0. The van der Waals surface area contributed by atoms with Crippen molar-refractivity contribution in [1.29, 1.82) is 0 Å². The Morgan fingerprint density at radius 2 is 0.962 bits per heavy atom. The van der Waals surface area contributed by atoms with Gasteiger partial charge in [-0.15, -0.1) is 0 Å². The zero-order valence-electron chi connectivity index (χ0n) is 13.8. The summed E-state index contributed by atoms with van der Waals surface area (Å²) in [6.07, 6.45) is 4.96. The summed E-state index contributed by atoms with van der Waals surface area (Å²) in [7, 11) is 0. The minimum Gasteiger partial charge on any atom is -0.298 e. The molecule has 1 aromatic heterocycles. The standard InChI is InChI=1S/C23H13NO2/c25-16-20-7-1-18(2-8-20)5-11-22-13-23(15-24-14-22)12-6-19-3-9-21(17-26)10-4-19/h1-4,7-10,13-17H. The van der Waals surface area contributed by atoms with Crippen LogP contribution in [0, 0.1) is 23.7 Å². The summed E-state index contributed by atoms with van der Waals surface area (Å²) in [5, 5.41) is 0. The first kappa shape index (κ1) is 16.9. The van der Waals surface area contributed by atoms with E-state index in [2.05, 4.69) is 28.7 Å². The van der Waals surface area contributed by atoms with E-state index < -0.39 is 0 Å². The van der Waals surface area contributed by atoms with E-state index >= 15 is 0 Å². The number of hydrogen-bond acceptors (Lipinski definition) is 3. The summed E-state index contributed by atoms with van der Waals surface area (Å²) in [5.41, 5.74) is 4.40. The van der Waals surface area contributed by atoms with Gasteiger partial charge < -0.3 is 0 Å². The van der Waals surface area contributed by atoms with Crippen LogP contribution in [0.4, 0.5) is 0 Å².